The van der Waals surface area contributed by atoms with Crippen molar-refractivity contribution in [1.82, 2.24) is 9.21 Å². The van der Waals surface area contributed by atoms with Crippen molar-refractivity contribution >= 4 is 44.1 Å². The number of rotatable bonds is 5. The Balaban J connectivity index is 1.46. The van der Waals surface area contributed by atoms with Crippen molar-refractivity contribution in [1.29, 1.82) is 0 Å². The third-order valence-corrected chi connectivity index (χ3v) is 7.50. The van der Waals surface area contributed by atoms with E-state index in [4.69, 9.17) is 22.5 Å². The Morgan fingerprint density at radius 2 is 1.72 bits per heavy atom. The van der Waals surface area contributed by atoms with Gasteiger partial charge in [0.15, 0.2) is 5.84 Å². The number of hydrogen-bond donors (Lipinski definition) is 2. The number of amides is 1. The van der Waals surface area contributed by atoms with E-state index in [0.717, 1.165) is 16.3 Å². The van der Waals surface area contributed by atoms with E-state index in [2.05, 4.69) is 5.16 Å². The fourth-order valence-corrected chi connectivity index (χ4v) is 5.22. The SMILES string of the molecule is NC(=NO)c1ccc(CN2CCN(S(=O)(=O)c3ccc4cc(Cl)ccc4c3)CC2=O)cc1. The number of nitrogens with two attached hydrogens (primary N) is 1. The third kappa shape index (κ3) is 4.40. The molecule has 0 aliphatic carbocycles. The van der Waals surface area contributed by atoms with Crippen molar-refractivity contribution in [2.45, 2.75) is 11.4 Å². The molecule has 3 aromatic rings. The molecule has 3 aromatic carbocycles. The van der Waals surface area contributed by atoms with E-state index in [1.54, 1.807) is 59.5 Å². The zero-order valence-corrected chi connectivity index (χ0v) is 18.6. The van der Waals surface area contributed by atoms with E-state index < -0.39 is 10.0 Å². The summed E-state index contributed by atoms with van der Waals surface area (Å²) in [7, 11) is -3.81. The molecular weight excluding hydrogens is 452 g/mol. The molecule has 0 atom stereocenters. The largest absolute Gasteiger partial charge is 0.409 e. The minimum absolute atomic E-state index is 0.00300. The highest BCUT2D eigenvalue weighted by molar-refractivity contribution is 7.89. The molecule has 0 bridgehead atoms. The molecule has 1 amide bonds. The van der Waals surface area contributed by atoms with Crippen LogP contribution in [0.2, 0.25) is 5.02 Å². The van der Waals surface area contributed by atoms with E-state index in [9.17, 15) is 13.2 Å². The first-order valence-electron chi connectivity index (χ1n) is 9.82. The van der Waals surface area contributed by atoms with Gasteiger partial charge in [0.2, 0.25) is 15.9 Å². The predicted octanol–water partition coefficient (Wildman–Crippen LogP) is 2.62. The van der Waals surface area contributed by atoms with Crippen LogP contribution < -0.4 is 5.73 Å². The smallest absolute Gasteiger partial charge is 0.243 e. The highest BCUT2D eigenvalue weighted by Gasteiger charge is 2.32. The van der Waals surface area contributed by atoms with E-state index in [1.165, 1.54) is 10.4 Å². The van der Waals surface area contributed by atoms with Gasteiger partial charge >= 0.3 is 0 Å². The topological polar surface area (TPSA) is 116 Å². The second kappa shape index (κ2) is 8.78. The maximum Gasteiger partial charge on any atom is 0.243 e. The number of carbonyl (C=O) groups is 1. The Hall–Kier alpha value is -3.14. The maximum atomic E-state index is 13.1. The molecule has 1 saturated heterocycles. The molecule has 10 heteroatoms. The average molecular weight is 473 g/mol. The summed E-state index contributed by atoms with van der Waals surface area (Å²) in [5, 5.41) is 13.9. The van der Waals surface area contributed by atoms with Gasteiger partial charge in [-0.25, -0.2) is 8.42 Å². The summed E-state index contributed by atoms with van der Waals surface area (Å²) in [5.74, 6) is -0.267. The van der Waals surface area contributed by atoms with Crippen LogP contribution in [0.5, 0.6) is 0 Å². The number of hydrogen-bond acceptors (Lipinski definition) is 5. The fourth-order valence-electron chi connectivity index (χ4n) is 3.62. The van der Waals surface area contributed by atoms with Crippen molar-refractivity contribution in [3.63, 3.8) is 0 Å². The van der Waals surface area contributed by atoms with Crippen LogP contribution in [0, 0.1) is 0 Å². The molecule has 3 N–H and O–H groups in total. The molecule has 0 spiro atoms. The highest BCUT2D eigenvalue weighted by Crippen LogP contribution is 2.25. The van der Waals surface area contributed by atoms with Crippen LogP contribution in [0.15, 0.2) is 70.7 Å². The van der Waals surface area contributed by atoms with Crippen LogP contribution in [-0.4, -0.2) is 54.2 Å². The molecule has 1 aliphatic heterocycles. The number of sulfonamides is 1. The molecule has 1 aliphatic rings. The van der Waals surface area contributed by atoms with Crippen LogP contribution in [0.3, 0.4) is 0 Å². The van der Waals surface area contributed by atoms with Gasteiger partial charge in [0, 0.05) is 30.2 Å². The van der Waals surface area contributed by atoms with E-state index in [1.807, 2.05) is 0 Å². The van der Waals surface area contributed by atoms with Crippen molar-refractivity contribution in [3.8, 4) is 0 Å². The standard InChI is InChI=1S/C22H21ClN4O4S/c23-19-7-5-18-12-20(8-6-17(18)11-19)32(30,31)27-10-9-26(21(28)14-27)13-15-1-3-16(4-2-15)22(24)25-29/h1-8,11-12,29H,9-10,13-14H2,(H2,24,25). The predicted molar refractivity (Wildman–Crippen MR) is 122 cm³/mol. The Labute approximate surface area is 190 Å². The maximum absolute atomic E-state index is 13.1. The summed E-state index contributed by atoms with van der Waals surface area (Å²) in [6, 6.07) is 17.1. The summed E-state index contributed by atoms with van der Waals surface area (Å²) >= 11 is 6.00. The average Bonchev–Trinajstić information content (AvgIpc) is 2.79. The van der Waals surface area contributed by atoms with Gasteiger partial charge in [-0.05, 0) is 40.6 Å². The van der Waals surface area contributed by atoms with Crippen LogP contribution in [-0.2, 0) is 21.4 Å². The molecule has 166 valence electrons. The van der Waals surface area contributed by atoms with Crippen molar-refractivity contribution in [3.05, 3.63) is 76.8 Å². The first-order chi connectivity index (χ1) is 15.3. The quantitative estimate of drug-likeness (QED) is 0.256. The monoisotopic (exact) mass is 472 g/mol. The van der Waals surface area contributed by atoms with Gasteiger partial charge in [-0.2, -0.15) is 4.31 Å². The minimum atomic E-state index is -3.81. The number of piperazine rings is 1. The summed E-state index contributed by atoms with van der Waals surface area (Å²) in [6.45, 7) is 0.612. The number of oxime groups is 1. The lowest BCUT2D eigenvalue weighted by atomic mass is 10.1. The first kappa shape index (κ1) is 22.1. The van der Waals surface area contributed by atoms with Gasteiger partial charge < -0.3 is 15.8 Å². The number of carbonyl (C=O) groups excluding carboxylic acids is 1. The Kier molecular flexibility index (Phi) is 6.05. The molecule has 0 unspecified atom stereocenters. The summed E-state index contributed by atoms with van der Waals surface area (Å²) in [6.07, 6.45) is 0. The first-order valence-corrected chi connectivity index (χ1v) is 11.6. The molecule has 1 fully saturated rings. The zero-order valence-electron chi connectivity index (χ0n) is 17.0. The molecule has 1 heterocycles. The van der Waals surface area contributed by atoms with Crippen molar-refractivity contribution < 1.29 is 18.4 Å². The van der Waals surface area contributed by atoms with Crippen LogP contribution >= 0.6 is 11.6 Å². The molecule has 8 nitrogen and oxygen atoms in total. The second-order valence-electron chi connectivity index (χ2n) is 7.49. The Morgan fingerprint density at radius 1 is 1.03 bits per heavy atom. The number of amidine groups is 1. The van der Waals surface area contributed by atoms with Gasteiger partial charge in [-0.15, -0.1) is 0 Å². The molecule has 0 radical (unpaired) electrons. The van der Waals surface area contributed by atoms with Crippen LogP contribution in [0.4, 0.5) is 0 Å². The Morgan fingerprint density at radius 3 is 2.41 bits per heavy atom. The lowest BCUT2D eigenvalue weighted by Crippen LogP contribution is -2.51. The zero-order chi connectivity index (χ0) is 22.9. The van der Waals surface area contributed by atoms with Crippen LogP contribution in [0.25, 0.3) is 10.8 Å². The summed E-state index contributed by atoms with van der Waals surface area (Å²) in [4.78, 5) is 14.5. The Bertz CT molecular complexity index is 1310. The lowest BCUT2D eigenvalue weighted by molar-refractivity contribution is -0.134. The van der Waals surface area contributed by atoms with Gasteiger partial charge in [-0.3, -0.25) is 4.79 Å². The highest BCUT2D eigenvalue weighted by atomic mass is 35.5. The van der Waals surface area contributed by atoms with Gasteiger partial charge in [-0.1, -0.05) is 53.2 Å². The summed E-state index contributed by atoms with van der Waals surface area (Å²) in [5.41, 5.74) is 6.98. The van der Waals surface area contributed by atoms with Gasteiger partial charge in [0.05, 0.1) is 11.4 Å². The van der Waals surface area contributed by atoms with Gasteiger partial charge in [0.1, 0.15) is 0 Å². The second-order valence-corrected chi connectivity index (χ2v) is 9.86. The lowest BCUT2D eigenvalue weighted by Gasteiger charge is -2.33. The van der Waals surface area contributed by atoms with Crippen molar-refractivity contribution in [2.75, 3.05) is 19.6 Å². The molecule has 4 rings (SSSR count). The number of nitrogens with zero attached hydrogens (tertiary/aromatic N) is 3. The van der Waals surface area contributed by atoms with E-state index in [-0.39, 0.29) is 36.3 Å². The normalized spacial score (nSPS) is 16.0. The molecule has 0 aromatic heterocycles. The minimum Gasteiger partial charge on any atom is -0.409 e. The number of fused-ring (bicyclic) bond motifs is 1. The van der Waals surface area contributed by atoms with Crippen molar-refractivity contribution in [2.24, 2.45) is 10.9 Å². The molecule has 32 heavy (non-hydrogen) atoms. The van der Waals surface area contributed by atoms with E-state index in [0.29, 0.717) is 17.1 Å². The van der Waals surface area contributed by atoms with Crippen LogP contribution in [0.1, 0.15) is 11.1 Å². The van der Waals surface area contributed by atoms with Gasteiger partial charge in [0.25, 0.3) is 0 Å². The fraction of sp³-hybridized carbons (Fsp3) is 0.182. The number of halogens is 1. The number of benzene rings is 3. The molecule has 0 saturated carbocycles. The molecular formula is C22H21ClN4O4S. The summed E-state index contributed by atoms with van der Waals surface area (Å²) < 4.78 is 27.5. The third-order valence-electron chi connectivity index (χ3n) is 5.43. The van der Waals surface area contributed by atoms with E-state index >= 15 is 0 Å².